The van der Waals surface area contributed by atoms with Crippen LogP contribution in [0.1, 0.15) is 16.3 Å². The van der Waals surface area contributed by atoms with E-state index in [9.17, 15) is 4.79 Å². The van der Waals surface area contributed by atoms with E-state index in [1.807, 2.05) is 66.9 Å². The van der Waals surface area contributed by atoms with E-state index >= 15 is 0 Å². The number of nitrogens with one attached hydrogen (secondary N) is 1. The zero-order valence-electron chi connectivity index (χ0n) is 16.1. The lowest BCUT2D eigenvalue weighted by Crippen LogP contribution is -2.07. The third-order valence-electron chi connectivity index (χ3n) is 4.04. The summed E-state index contributed by atoms with van der Waals surface area (Å²) in [5.41, 5.74) is 2.78. The lowest BCUT2D eigenvalue weighted by atomic mass is 10.2. The summed E-state index contributed by atoms with van der Waals surface area (Å²) in [6, 6.07) is 17.3. The molecular weight excluding hydrogens is 416 g/mol. The summed E-state index contributed by atoms with van der Waals surface area (Å²) in [7, 11) is 0. The van der Waals surface area contributed by atoms with E-state index < -0.39 is 0 Å². The Labute approximate surface area is 181 Å². The molecule has 0 aliphatic carbocycles. The number of carbonyl (C=O) groups excluding carboxylic acids is 1. The Hall–Kier alpha value is -3.36. The Balaban J connectivity index is 1.30. The quantitative estimate of drug-likeness (QED) is 0.405. The Kier molecular flexibility index (Phi) is 6.26. The Morgan fingerprint density at radius 1 is 1.10 bits per heavy atom. The van der Waals surface area contributed by atoms with Crippen molar-refractivity contribution in [3.05, 3.63) is 82.3 Å². The summed E-state index contributed by atoms with van der Waals surface area (Å²) >= 11 is 2.94. The van der Waals surface area contributed by atoms with Crippen LogP contribution in [-0.2, 0) is 11.4 Å². The third kappa shape index (κ3) is 5.37. The molecule has 0 spiro atoms. The van der Waals surface area contributed by atoms with Crippen LogP contribution in [0.3, 0.4) is 0 Å². The van der Waals surface area contributed by atoms with Crippen LogP contribution in [0.15, 0.2) is 66.1 Å². The number of anilines is 1. The van der Waals surface area contributed by atoms with Crippen molar-refractivity contribution in [2.24, 2.45) is 0 Å². The first-order valence-electron chi connectivity index (χ1n) is 9.17. The minimum atomic E-state index is -0.259. The molecule has 30 heavy (non-hydrogen) atoms. The van der Waals surface area contributed by atoms with Gasteiger partial charge in [0.2, 0.25) is 11.0 Å². The molecule has 6 nitrogen and oxygen atoms in total. The smallest absolute Gasteiger partial charge is 0.250 e. The number of rotatable bonds is 7. The molecule has 0 aliphatic heterocycles. The molecule has 4 aromatic rings. The summed E-state index contributed by atoms with van der Waals surface area (Å²) < 4.78 is 5.73. The first kappa shape index (κ1) is 19.9. The predicted molar refractivity (Wildman–Crippen MR) is 121 cm³/mol. The number of carbonyl (C=O) groups is 1. The minimum absolute atomic E-state index is 0.259. The molecule has 0 radical (unpaired) electrons. The van der Waals surface area contributed by atoms with Crippen LogP contribution in [0.25, 0.3) is 16.6 Å². The van der Waals surface area contributed by atoms with Crippen molar-refractivity contribution in [2.45, 2.75) is 13.5 Å². The Morgan fingerprint density at radius 2 is 1.90 bits per heavy atom. The lowest BCUT2D eigenvalue weighted by Gasteiger charge is -2.04. The van der Waals surface area contributed by atoms with Crippen LogP contribution in [0.4, 0.5) is 5.13 Å². The zero-order chi connectivity index (χ0) is 20.8. The highest BCUT2D eigenvalue weighted by molar-refractivity contribution is 7.18. The van der Waals surface area contributed by atoms with Crippen LogP contribution >= 0.6 is 22.7 Å². The number of benzene rings is 2. The van der Waals surface area contributed by atoms with Crippen LogP contribution in [0, 0.1) is 6.92 Å². The molecule has 0 bridgehead atoms. The number of nitrogens with zero attached hydrogens (tertiary/aromatic N) is 3. The van der Waals surface area contributed by atoms with Gasteiger partial charge in [0.1, 0.15) is 17.4 Å². The largest absolute Gasteiger partial charge is 0.487 e. The molecule has 0 saturated carbocycles. The Morgan fingerprint density at radius 3 is 2.63 bits per heavy atom. The summed E-state index contributed by atoms with van der Waals surface area (Å²) in [6.07, 6.45) is 3.21. The van der Waals surface area contributed by atoms with Crippen molar-refractivity contribution in [1.82, 2.24) is 15.2 Å². The van der Waals surface area contributed by atoms with Crippen molar-refractivity contribution in [1.29, 1.82) is 0 Å². The first-order chi connectivity index (χ1) is 14.7. The maximum atomic E-state index is 12.2. The van der Waals surface area contributed by atoms with Gasteiger partial charge in [0.25, 0.3) is 0 Å². The summed E-state index contributed by atoms with van der Waals surface area (Å²) in [5, 5.41) is 15.1. The van der Waals surface area contributed by atoms with Crippen molar-refractivity contribution < 1.29 is 9.53 Å². The van der Waals surface area contributed by atoms with E-state index in [-0.39, 0.29) is 5.91 Å². The second kappa shape index (κ2) is 9.43. The maximum absolute atomic E-state index is 12.2. The van der Waals surface area contributed by atoms with Gasteiger partial charge in [-0.05, 0) is 30.7 Å². The molecule has 0 aliphatic rings. The van der Waals surface area contributed by atoms with Gasteiger partial charge in [-0.1, -0.05) is 53.8 Å². The summed E-state index contributed by atoms with van der Waals surface area (Å²) in [5.74, 6) is 0.495. The average molecular weight is 435 g/mol. The predicted octanol–water partition coefficient (Wildman–Crippen LogP) is 5.20. The van der Waals surface area contributed by atoms with Crippen LogP contribution in [0.5, 0.6) is 5.75 Å². The van der Waals surface area contributed by atoms with Crippen molar-refractivity contribution in [3.8, 4) is 16.3 Å². The third-order valence-corrected chi connectivity index (χ3v) is 5.75. The molecule has 0 fully saturated rings. The van der Waals surface area contributed by atoms with Gasteiger partial charge in [-0.25, -0.2) is 4.98 Å². The molecule has 8 heteroatoms. The van der Waals surface area contributed by atoms with Gasteiger partial charge < -0.3 is 4.74 Å². The van der Waals surface area contributed by atoms with E-state index in [1.54, 1.807) is 17.4 Å². The SMILES string of the molecule is Cc1nc(COc2ccc(/C=C/C(=O)Nc3nnc(-c4ccccc4)s3)cc2)cs1. The molecule has 1 amide bonds. The van der Waals surface area contributed by atoms with E-state index in [2.05, 4.69) is 20.5 Å². The van der Waals surface area contributed by atoms with Crippen molar-refractivity contribution >= 4 is 39.8 Å². The normalized spacial score (nSPS) is 11.0. The molecule has 2 heterocycles. The van der Waals surface area contributed by atoms with Crippen molar-refractivity contribution in [3.63, 3.8) is 0 Å². The van der Waals surface area contributed by atoms with Gasteiger partial charge in [0.05, 0.1) is 10.7 Å². The molecule has 2 aromatic heterocycles. The lowest BCUT2D eigenvalue weighted by molar-refractivity contribution is -0.111. The molecule has 4 rings (SSSR count). The van der Waals surface area contributed by atoms with Crippen LogP contribution < -0.4 is 10.1 Å². The Bertz CT molecular complexity index is 1150. The second-order valence-corrected chi connectivity index (χ2v) is 8.36. The van der Waals surface area contributed by atoms with E-state index in [0.29, 0.717) is 11.7 Å². The molecule has 0 unspecified atom stereocenters. The van der Waals surface area contributed by atoms with E-state index in [1.165, 1.54) is 17.4 Å². The summed E-state index contributed by atoms with van der Waals surface area (Å²) in [4.78, 5) is 16.5. The second-order valence-electron chi connectivity index (χ2n) is 6.32. The fourth-order valence-electron chi connectivity index (χ4n) is 2.60. The number of hydrogen-bond donors (Lipinski definition) is 1. The number of aryl methyl sites for hydroxylation is 1. The van der Waals surface area contributed by atoms with Crippen LogP contribution in [0.2, 0.25) is 0 Å². The minimum Gasteiger partial charge on any atom is -0.487 e. The molecule has 1 N–H and O–H groups in total. The zero-order valence-corrected chi connectivity index (χ0v) is 17.7. The highest BCUT2D eigenvalue weighted by atomic mass is 32.1. The van der Waals surface area contributed by atoms with Gasteiger partial charge in [-0.15, -0.1) is 21.5 Å². The molecule has 150 valence electrons. The fraction of sp³-hybridized carbons (Fsp3) is 0.0909. The molecule has 0 saturated heterocycles. The molecular formula is C22H18N4O2S2. The first-order valence-corrected chi connectivity index (χ1v) is 10.9. The number of amides is 1. The van der Waals surface area contributed by atoms with E-state index in [0.717, 1.165) is 32.6 Å². The molecule has 2 aromatic carbocycles. The van der Waals surface area contributed by atoms with Crippen LogP contribution in [-0.4, -0.2) is 21.1 Å². The standard InChI is InChI=1S/C22H18N4O2S2/c1-15-23-18(14-29-15)13-28-19-10-7-16(8-11-19)9-12-20(27)24-22-26-25-21(30-22)17-5-3-2-4-6-17/h2-12,14H,13H2,1H3,(H,24,26,27)/b12-9+. The van der Waals surface area contributed by atoms with Gasteiger partial charge in [0.15, 0.2) is 0 Å². The highest BCUT2D eigenvalue weighted by Gasteiger charge is 2.08. The maximum Gasteiger partial charge on any atom is 0.250 e. The monoisotopic (exact) mass is 434 g/mol. The summed E-state index contributed by atoms with van der Waals surface area (Å²) in [6.45, 7) is 2.41. The topological polar surface area (TPSA) is 77.0 Å². The fourth-order valence-corrected chi connectivity index (χ4v) is 3.95. The van der Waals surface area contributed by atoms with E-state index in [4.69, 9.17) is 4.74 Å². The number of aromatic nitrogens is 3. The average Bonchev–Trinajstić information content (AvgIpc) is 3.41. The van der Waals surface area contributed by atoms with Gasteiger partial charge in [-0.2, -0.15) is 0 Å². The van der Waals surface area contributed by atoms with Gasteiger partial charge in [0, 0.05) is 17.0 Å². The van der Waals surface area contributed by atoms with Gasteiger partial charge >= 0.3 is 0 Å². The molecule has 0 atom stereocenters. The van der Waals surface area contributed by atoms with Gasteiger partial charge in [-0.3, -0.25) is 10.1 Å². The van der Waals surface area contributed by atoms with Crippen molar-refractivity contribution in [2.75, 3.05) is 5.32 Å². The number of ether oxygens (including phenoxy) is 1. The number of hydrogen-bond acceptors (Lipinski definition) is 7. The highest BCUT2D eigenvalue weighted by Crippen LogP contribution is 2.25. The number of thiazole rings is 1.